The molecule has 1 aromatic carbocycles. The maximum atomic E-state index is 11.9. The molecule has 2 aromatic rings. The lowest BCUT2D eigenvalue weighted by Crippen LogP contribution is -2.35. The number of nitriles is 1. The minimum Gasteiger partial charge on any atom is -0.495 e. The van der Waals surface area contributed by atoms with Gasteiger partial charge in [0.1, 0.15) is 24.7 Å². The molecule has 2 amide bonds. The fraction of sp³-hybridized carbons (Fsp3) is 0.267. The minimum absolute atomic E-state index is 0.0212. The lowest BCUT2D eigenvalue weighted by molar-refractivity contribution is -0.124. The number of aromatic nitrogens is 3. The Morgan fingerprint density at radius 2 is 2.17 bits per heavy atom. The van der Waals surface area contributed by atoms with Crippen molar-refractivity contribution in [2.24, 2.45) is 0 Å². The van der Waals surface area contributed by atoms with Gasteiger partial charge in [0.25, 0.3) is 5.82 Å². The zero-order valence-corrected chi connectivity index (χ0v) is 13.2. The van der Waals surface area contributed by atoms with Crippen LogP contribution in [-0.2, 0) is 16.1 Å². The predicted octanol–water partition coefficient (Wildman–Crippen LogP) is 0.222. The third kappa shape index (κ3) is 4.54. The molecule has 0 bridgehead atoms. The summed E-state index contributed by atoms with van der Waals surface area (Å²) in [6.07, 6.45) is 1.27. The van der Waals surface area contributed by atoms with E-state index in [1.807, 2.05) is 13.0 Å². The number of nitrogens with one attached hydrogen (secondary N) is 2. The van der Waals surface area contributed by atoms with Gasteiger partial charge in [-0.15, -0.1) is 5.10 Å². The number of amides is 2. The van der Waals surface area contributed by atoms with Gasteiger partial charge in [0.2, 0.25) is 11.8 Å². The highest BCUT2D eigenvalue weighted by atomic mass is 16.5. The number of ether oxygens (including phenoxy) is 1. The number of methoxy groups -OCH3 is 1. The van der Waals surface area contributed by atoms with Crippen LogP contribution < -0.4 is 15.4 Å². The lowest BCUT2D eigenvalue weighted by Gasteiger charge is -2.11. The summed E-state index contributed by atoms with van der Waals surface area (Å²) in [6, 6.07) is 7.15. The molecule has 2 rings (SSSR count). The summed E-state index contributed by atoms with van der Waals surface area (Å²) in [5.74, 6) is -0.293. The highest BCUT2D eigenvalue weighted by Crippen LogP contribution is 2.24. The quantitative estimate of drug-likeness (QED) is 0.782. The Kier molecular flexibility index (Phi) is 5.46. The Hall–Kier alpha value is -3.41. The van der Waals surface area contributed by atoms with Crippen molar-refractivity contribution in [1.82, 2.24) is 20.1 Å². The summed E-state index contributed by atoms with van der Waals surface area (Å²) in [4.78, 5) is 27.4. The van der Waals surface area contributed by atoms with Gasteiger partial charge in [0.05, 0.1) is 19.3 Å². The second-order valence-corrected chi connectivity index (χ2v) is 4.91. The van der Waals surface area contributed by atoms with E-state index in [2.05, 4.69) is 20.7 Å². The maximum absolute atomic E-state index is 11.9. The van der Waals surface area contributed by atoms with Crippen LogP contribution in [0.1, 0.15) is 11.4 Å². The largest absolute Gasteiger partial charge is 0.495 e. The Balaban J connectivity index is 1.85. The molecule has 0 saturated carbocycles. The van der Waals surface area contributed by atoms with Crippen LogP contribution in [0.3, 0.4) is 0 Å². The second kappa shape index (κ2) is 7.73. The van der Waals surface area contributed by atoms with Gasteiger partial charge in [-0.3, -0.25) is 9.59 Å². The molecule has 0 atom stereocenters. The summed E-state index contributed by atoms with van der Waals surface area (Å²) < 4.78 is 6.39. The van der Waals surface area contributed by atoms with Crippen LogP contribution >= 0.6 is 0 Å². The zero-order chi connectivity index (χ0) is 17.5. The SMILES string of the molecule is COc1ccc(C)cc1NC(=O)CNC(=O)Cn1cnc(C#N)n1. The van der Waals surface area contributed by atoms with E-state index in [0.717, 1.165) is 5.56 Å². The van der Waals surface area contributed by atoms with Crippen molar-refractivity contribution in [1.29, 1.82) is 5.26 Å². The van der Waals surface area contributed by atoms with Crippen LogP contribution in [0.25, 0.3) is 0 Å². The Morgan fingerprint density at radius 1 is 1.38 bits per heavy atom. The van der Waals surface area contributed by atoms with Crippen LogP contribution in [0.2, 0.25) is 0 Å². The molecule has 0 aliphatic heterocycles. The fourth-order valence-electron chi connectivity index (χ4n) is 1.92. The van der Waals surface area contributed by atoms with E-state index in [1.54, 1.807) is 18.2 Å². The first kappa shape index (κ1) is 17.0. The van der Waals surface area contributed by atoms with Gasteiger partial charge in [-0.2, -0.15) is 5.26 Å². The van der Waals surface area contributed by atoms with Crippen molar-refractivity contribution >= 4 is 17.5 Å². The topological polar surface area (TPSA) is 122 Å². The van der Waals surface area contributed by atoms with Crippen LogP contribution in [0.4, 0.5) is 5.69 Å². The number of anilines is 1. The van der Waals surface area contributed by atoms with Gasteiger partial charge in [0.15, 0.2) is 0 Å². The Labute approximate surface area is 138 Å². The van der Waals surface area contributed by atoms with Crippen molar-refractivity contribution in [2.45, 2.75) is 13.5 Å². The average Bonchev–Trinajstić information content (AvgIpc) is 3.01. The number of aryl methyl sites for hydroxylation is 1. The smallest absolute Gasteiger partial charge is 0.252 e. The maximum Gasteiger partial charge on any atom is 0.252 e. The first-order valence-corrected chi connectivity index (χ1v) is 7.02. The third-order valence-corrected chi connectivity index (χ3v) is 3.02. The molecule has 124 valence electrons. The highest BCUT2D eigenvalue weighted by Gasteiger charge is 2.10. The van der Waals surface area contributed by atoms with Crippen LogP contribution in [0, 0.1) is 18.3 Å². The van der Waals surface area contributed by atoms with E-state index >= 15 is 0 Å². The number of hydrogen-bond donors (Lipinski definition) is 2. The first-order valence-electron chi connectivity index (χ1n) is 7.02. The van der Waals surface area contributed by atoms with Crippen molar-refractivity contribution in [3.05, 3.63) is 35.9 Å². The van der Waals surface area contributed by atoms with Gasteiger partial charge < -0.3 is 15.4 Å². The molecule has 9 nitrogen and oxygen atoms in total. The molecule has 0 spiro atoms. The lowest BCUT2D eigenvalue weighted by atomic mass is 10.2. The number of rotatable bonds is 6. The van der Waals surface area contributed by atoms with Gasteiger partial charge >= 0.3 is 0 Å². The van der Waals surface area contributed by atoms with E-state index < -0.39 is 5.91 Å². The molecule has 0 aliphatic carbocycles. The molecule has 0 aliphatic rings. The van der Waals surface area contributed by atoms with E-state index in [-0.39, 0.29) is 24.8 Å². The van der Waals surface area contributed by atoms with Crippen molar-refractivity contribution < 1.29 is 14.3 Å². The highest BCUT2D eigenvalue weighted by molar-refractivity contribution is 5.95. The third-order valence-electron chi connectivity index (χ3n) is 3.02. The number of carbonyl (C=O) groups excluding carboxylic acids is 2. The van der Waals surface area contributed by atoms with Crippen molar-refractivity contribution in [3.8, 4) is 11.8 Å². The number of hydrogen-bond acceptors (Lipinski definition) is 6. The average molecular weight is 328 g/mol. The van der Waals surface area contributed by atoms with Crippen LogP contribution in [0.15, 0.2) is 24.5 Å². The van der Waals surface area contributed by atoms with E-state index in [1.165, 1.54) is 18.1 Å². The molecule has 2 N–H and O–H groups in total. The summed E-state index contributed by atoms with van der Waals surface area (Å²) in [5, 5.41) is 17.5. The molecule has 1 heterocycles. The van der Waals surface area contributed by atoms with Gasteiger partial charge in [-0.25, -0.2) is 9.67 Å². The molecule has 1 aromatic heterocycles. The second-order valence-electron chi connectivity index (χ2n) is 4.91. The van der Waals surface area contributed by atoms with Crippen molar-refractivity contribution in [3.63, 3.8) is 0 Å². The van der Waals surface area contributed by atoms with E-state index in [4.69, 9.17) is 10.00 Å². The summed E-state index contributed by atoms with van der Waals surface area (Å²) in [5.41, 5.74) is 1.50. The molecule has 0 fully saturated rings. The van der Waals surface area contributed by atoms with Crippen LogP contribution in [0.5, 0.6) is 5.75 Å². The van der Waals surface area contributed by atoms with E-state index in [0.29, 0.717) is 11.4 Å². The summed E-state index contributed by atoms with van der Waals surface area (Å²) in [7, 11) is 1.51. The molecule has 9 heteroatoms. The normalized spacial score (nSPS) is 9.88. The standard InChI is InChI=1S/C15H16N6O3/c1-10-3-4-12(24-2)11(5-10)19-14(22)7-17-15(23)8-21-9-18-13(6-16)20-21/h3-5,9H,7-8H2,1-2H3,(H,17,23)(H,19,22). The molecule has 0 saturated heterocycles. The molecule has 0 radical (unpaired) electrons. The molecular weight excluding hydrogens is 312 g/mol. The van der Waals surface area contributed by atoms with Gasteiger partial charge in [-0.1, -0.05) is 6.07 Å². The number of nitrogens with zero attached hydrogens (tertiary/aromatic N) is 4. The monoisotopic (exact) mass is 328 g/mol. The van der Waals surface area contributed by atoms with Crippen molar-refractivity contribution in [2.75, 3.05) is 19.0 Å². The molecular formula is C15H16N6O3. The molecule has 0 unspecified atom stereocenters. The fourth-order valence-corrected chi connectivity index (χ4v) is 1.92. The van der Waals surface area contributed by atoms with Crippen LogP contribution in [-0.4, -0.2) is 40.2 Å². The zero-order valence-electron chi connectivity index (χ0n) is 13.2. The first-order chi connectivity index (χ1) is 11.5. The Morgan fingerprint density at radius 3 is 2.83 bits per heavy atom. The summed E-state index contributed by atoms with van der Waals surface area (Å²) >= 11 is 0. The van der Waals surface area contributed by atoms with E-state index in [9.17, 15) is 9.59 Å². The van der Waals surface area contributed by atoms with Gasteiger partial charge in [-0.05, 0) is 24.6 Å². The molecule has 24 heavy (non-hydrogen) atoms. The minimum atomic E-state index is -0.421. The van der Waals surface area contributed by atoms with Gasteiger partial charge in [0, 0.05) is 0 Å². The Bertz CT molecular complexity index is 793. The number of carbonyl (C=O) groups is 2. The summed E-state index contributed by atoms with van der Waals surface area (Å²) in [6.45, 7) is 1.57. The number of benzene rings is 1. The predicted molar refractivity (Wildman–Crippen MR) is 84.1 cm³/mol.